The number of ether oxygens (including phenoxy) is 1. The average molecular weight is 372 g/mol. The molecule has 1 aliphatic rings. The van der Waals surface area contributed by atoms with Gasteiger partial charge in [0.1, 0.15) is 0 Å². The van der Waals surface area contributed by atoms with Gasteiger partial charge in [-0.3, -0.25) is 9.78 Å². The van der Waals surface area contributed by atoms with Crippen LogP contribution in [0.5, 0.6) is 0 Å². The smallest absolute Gasteiger partial charge is 0.275 e. The quantitative estimate of drug-likeness (QED) is 0.689. The van der Waals surface area contributed by atoms with Gasteiger partial charge in [0.05, 0.1) is 13.2 Å². The van der Waals surface area contributed by atoms with Crippen LogP contribution >= 0.6 is 22.9 Å². The summed E-state index contributed by atoms with van der Waals surface area (Å²) in [5, 5.41) is 5.57. The molecule has 8 heteroatoms. The Hall–Kier alpha value is -2.16. The zero-order valence-electron chi connectivity index (χ0n) is 13.4. The summed E-state index contributed by atoms with van der Waals surface area (Å²) in [6.45, 7) is 2.49. The first-order valence-electron chi connectivity index (χ1n) is 7.93. The lowest BCUT2D eigenvalue weighted by Gasteiger charge is -2.26. The molecule has 0 radical (unpaired) electrons. The topological polar surface area (TPSA) is 68.2 Å². The normalized spacial score (nSPS) is 13.7. The van der Waals surface area contributed by atoms with E-state index in [1.165, 1.54) is 26.9 Å². The molecular weight excluding hydrogens is 356 g/mol. The molecule has 0 fully saturated rings. The summed E-state index contributed by atoms with van der Waals surface area (Å²) >= 11 is 2.98. The first-order valence-corrected chi connectivity index (χ1v) is 9.58. The molecule has 0 bridgehead atoms. The van der Waals surface area contributed by atoms with Crippen molar-refractivity contribution in [3.05, 3.63) is 62.5 Å². The van der Waals surface area contributed by atoms with Crippen LogP contribution in [0.3, 0.4) is 0 Å². The van der Waals surface area contributed by atoms with E-state index in [0.717, 1.165) is 18.5 Å². The molecule has 1 amide bonds. The predicted octanol–water partition coefficient (Wildman–Crippen LogP) is 2.91. The Morgan fingerprint density at radius 2 is 2.32 bits per heavy atom. The minimum absolute atomic E-state index is 0.0417. The summed E-state index contributed by atoms with van der Waals surface area (Å²) in [7, 11) is 0. The summed E-state index contributed by atoms with van der Waals surface area (Å²) in [4.78, 5) is 20.9. The fourth-order valence-electron chi connectivity index (χ4n) is 2.81. The van der Waals surface area contributed by atoms with Crippen molar-refractivity contribution in [2.45, 2.75) is 26.2 Å². The van der Waals surface area contributed by atoms with E-state index in [2.05, 4.69) is 20.6 Å². The molecule has 128 valence electrons. The van der Waals surface area contributed by atoms with Crippen LogP contribution in [0.25, 0.3) is 0 Å². The van der Waals surface area contributed by atoms with Gasteiger partial charge in [-0.25, -0.2) is 0 Å². The molecule has 0 saturated carbocycles. The van der Waals surface area contributed by atoms with Gasteiger partial charge in [0.15, 0.2) is 5.69 Å². The number of hydrogen-bond acceptors (Lipinski definition) is 7. The van der Waals surface area contributed by atoms with Crippen LogP contribution in [0.15, 0.2) is 36.0 Å². The molecule has 6 nitrogen and oxygen atoms in total. The van der Waals surface area contributed by atoms with Crippen LogP contribution in [0.4, 0.5) is 0 Å². The highest BCUT2D eigenvalue weighted by Gasteiger charge is 2.25. The monoisotopic (exact) mass is 372 g/mol. The summed E-state index contributed by atoms with van der Waals surface area (Å²) in [5.41, 5.74) is 2.72. The second-order valence-electron chi connectivity index (χ2n) is 5.78. The van der Waals surface area contributed by atoms with Gasteiger partial charge in [-0.15, -0.1) is 16.4 Å². The fraction of sp³-hybridized carbons (Fsp3) is 0.294. The highest BCUT2D eigenvalue weighted by molar-refractivity contribution is 7.12. The van der Waals surface area contributed by atoms with Crippen molar-refractivity contribution >= 4 is 28.8 Å². The molecule has 0 N–H and O–H groups in total. The number of pyridine rings is 1. The third kappa shape index (κ3) is 3.76. The van der Waals surface area contributed by atoms with Crippen LogP contribution in [-0.4, -0.2) is 31.9 Å². The number of rotatable bonds is 5. The summed E-state index contributed by atoms with van der Waals surface area (Å²) in [6, 6.07) is 6.07. The second kappa shape index (κ2) is 7.38. The van der Waals surface area contributed by atoms with Crippen molar-refractivity contribution in [3.8, 4) is 0 Å². The van der Waals surface area contributed by atoms with Gasteiger partial charge in [-0.1, -0.05) is 10.6 Å². The molecule has 4 heterocycles. The Labute approximate surface area is 153 Å². The molecule has 0 aliphatic carbocycles. The van der Waals surface area contributed by atoms with Crippen molar-refractivity contribution in [2.24, 2.45) is 0 Å². The zero-order chi connectivity index (χ0) is 17.1. The number of carbonyl (C=O) groups is 1. The van der Waals surface area contributed by atoms with Crippen molar-refractivity contribution in [1.29, 1.82) is 0 Å². The molecule has 0 unspecified atom stereocenters. The van der Waals surface area contributed by atoms with Crippen molar-refractivity contribution in [3.63, 3.8) is 0 Å². The molecule has 0 aromatic carbocycles. The SMILES string of the molecule is O=C(c1csnn1)N1CCc2sc(COCc3cccnc3)cc2C1. The lowest BCUT2D eigenvalue weighted by atomic mass is 10.1. The summed E-state index contributed by atoms with van der Waals surface area (Å²) < 4.78 is 9.56. The zero-order valence-corrected chi connectivity index (χ0v) is 15.1. The van der Waals surface area contributed by atoms with Gasteiger partial charge in [0.2, 0.25) is 0 Å². The molecular formula is C17H16N4O2S2. The van der Waals surface area contributed by atoms with Crippen LogP contribution in [0, 0.1) is 0 Å². The van der Waals surface area contributed by atoms with Gasteiger partial charge >= 0.3 is 0 Å². The van der Waals surface area contributed by atoms with Gasteiger partial charge in [-0.2, -0.15) is 0 Å². The van der Waals surface area contributed by atoms with E-state index in [-0.39, 0.29) is 5.91 Å². The summed E-state index contributed by atoms with van der Waals surface area (Å²) in [5.74, 6) is -0.0417. The maximum absolute atomic E-state index is 12.4. The largest absolute Gasteiger partial charge is 0.371 e. The minimum Gasteiger partial charge on any atom is -0.371 e. The third-order valence-corrected chi connectivity index (χ3v) is 5.74. The maximum atomic E-state index is 12.4. The standard InChI is InChI=1S/C17H16N4O2S2/c22-17(15-11-24-20-19-15)21-5-3-16-13(8-21)6-14(25-16)10-23-9-12-2-1-4-18-7-12/h1-2,4,6-7,11H,3,5,8-10H2. The highest BCUT2D eigenvalue weighted by Crippen LogP contribution is 2.29. The molecule has 3 aromatic rings. The van der Waals surface area contributed by atoms with E-state index in [9.17, 15) is 4.79 Å². The Balaban J connectivity index is 1.36. The molecule has 25 heavy (non-hydrogen) atoms. The molecule has 0 atom stereocenters. The molecule has 0 spiro atoms. The predicted molar refractivity (Wildman–Crippen MR) is 95.4 cm³/mol. The van der Waals surface area contributed by atoms with E-state index in [1.54, 1.807) is 22.9 Å². The molecule has 4 rings (SSSR count). The number of carbonyl (C=O) groups excluding carboxylic acids is 1. The van der Waals surface area contributed by atoms with E-state index >= 15 is 0 Å². The van der Waals surface area contributed by atoms with E-state index in [0.29, 0.717) is 25.5 Å². The van der Waals surface area contributed by atoms with Gasteiger partial charge in [0, 0.05) is 40.6 Å². The minimum atomic E-state index is -0.0417. The van der Waals surface area contributed by atoms with Crippen LogP contribution in [-0.2, 0) is 30.9 Å². The Morgan fingerprint density at radius 1 is 1.36 bits per heavy atom. The second-order valence-corrected chi connectivity index (χ2v) is 7.61. The van der Waals surface area contributed by atoms with Crippen molar-refractivity contribution in [2.75, 3.05) is 6.54 Å². The van der Waals surface area contributed by atoms with Crippen LogP contribution < -0.4 is 0 Å². The lowest BCUT2D eigenvalue weighted by molar-refractivity contribution is 0.0730. The Morgan fingerprint density at radius 3 is 3.12 bits per heavy atom. The van der Waals surface area contributed by atoms with Crippen molar-refractivity contribution < 1.29 is 9.53 Å². The number of hydrogen-bond donors (Lipinski definition) is 0. The van der Waals surface area contributed by atoms with E-state index in [1.807, 2.05) is 23.2 Å². The third-order valence-electron chi connectivity index (χ3n) is 4.02. The van der Waals surface area contributed by atoms with Crippen LogP contribution in [0.2, 0.25) is 0 Å². The average Bonchev–Trinajstić information content (AvgIpc) is 3.31. The first kappa shape index (κ1) is 16.3. The lowest BCUT2D eigenvalue weighted by Crippen LogP contribution is -2.35. The van der Waals surface area contributed by atoms with Gasteiger partial charge < -0.3 is 9.64 Å². The van der Waals surface area contributed by atoms with E-state index < -0.39 is 0 Å². The van der Waals surface area contributed by atoms with Crippen LogP contribution in [0.1, 0.15) is 31.4 Å². The Kier molecular flexibility index (Phi) is 4.82. The molecule has 1 aliphatic heterocycles. The van der Waals surface area contributed by atoms with Gasteiger partial charge in [-0.05, 0) is 41.2 Å². The highest BCUT2D eigenvalue weighted by atomic mass is 32.1. The molecule has 3 aromatic heterocycles. The fourth-order valence-corrected chi connectivity index (χ4v) is 4.35. The number of thiophene rings is 1. The van der Waals surface area contributed by atoms with E-state index in [4.69, 9.17) is 4.74 Å². The van der Waals surface area contributed by atoms with Crippen molar-refractivity contribution in [1.82, 2.24) is 19.5 Å². The first-order chi connectivity index (χ1) is 12.3. The number of fused-ring (bicyclic) bond motifs is 1. The van der Waals surface area contributed by atoms with Gasteiger partial charge in [0.25, 0.3) is 5.91 Å². The number of aromatic nitrogens is 3. The number of nitrogens with zero attached hydrogens (tertiary/aromatic N) is 4. The molecule has 0 saturated heterocycles. The number of amides is 1. The summed E-state index contributed by atoms with van der Waals surface area (Å²) in [6.07, 6.45) is 4.45. The maximum Gasteiger partial charge on any atom is 0.275 e. The Bertz CT molecular complexity index is 849.